The van der Waals surface area contributed by atoms with E-state index < -0.39 is 24.0 Å². The molecule has 0 aliphatic carbocycles. The number of aromatic nitrogens is 2. The highest BCUT2D eigenvalue weighted by atomic mass is 16.4. The van der Waals surface area contributed by atoms with Crippen LogP contribution in [0.4, 0.5) is 0 Å². The number of para-hydroxylation sites is 1. The first-order valence-corrected chi connectivity index (χ1v) is 8.94. The summed E-state index contributed by atoms with van der Waals surface area (Å²) in [4.78, 5) is 41.9. The second-order valence-corrected chi connectivity index (χ2v) is 6.85. The summed E-state index contributed by atoms with van der Waals surface area (Å²) in [5.41, 5.74) is 0.653. The number of hydrogen-bond acceptors (Lipinski definition) is 4. The lowest BCUT2D eigenvalue weighted by Crippen LogP contribution is -2.43. The third kappa shape index (κ3) is 3.78. The van der Waals surface area contributed by atoms with E-state index in [9.17, 15) is 19.5 Å². The van der Waals surface area contributed by atoms with Gasteiger partial charge in [-0.2, -0.15) is 0 Å². The van der Waals surface area contributed by atoms with Crippen LogP contribution in [-0.4, -0.2) is 26.5 Å². The number of amides is 1. The van der Waals surface area contributed by atoms with Gasteiger partial charge in [0.2, 0.25) is 5.91 Å². The van der Waals surface area contributed by atoms with Crippen LogP contribution in [0.15, 0.2) is 65.7 Å². The zero-order valence-electron chi connectivity index (χ0n) is 15.6. The Hall–Kier alpha value is -3.48. The molecular formula is C21H21N3O4. The summed E-state index contributed by atoms with van der Waals surface area (Å²) in [5.74, 6) is -1.98. The topological polar surface area (TPSA) is 101 Å². The van der Waals surface area contributed by atoms with Crippen LogP contribution < -0.4 is 10.9 Å². The Kier molecular flexibility index (Phi) is 5.54. The maximum Gasteiger partial charge on any atom is 0.330 e. The van der Waals surface area contributed by atoms with Crippen LogP contribution in [-0.2, 0) is 9.59 Å². The first-order chi connectivity index (χ1) is 13.4. The van der Waals surface area contributed by atoms with Crippen LogP contribution in [0.5, 0.6) is 0 Å². The van der Waals surface area contributed by atoms with E-state index in [2.05, 4.69) is 10.3 Å². The molecule has 0 radical (unpaired) electrons. The molecule has 0 fully saturated rings. The minimum Gasteiger partial charge on any atom is -0.479 e. The summed E-state index contributed by atoms with van der Waals surface area (Å²) in [6.45, 7) is 3.59. The summed E-state index contributed by atoms with van der Waals surface area (Å²) < 4.78 is 1.27. The highest BCUT2D eigenvalue weighted by Crippen LogP contribution is 2.20. The van der Waals surface area contributed by atoms with Crippen molar-refractivity contribution in [1.29, 1.82) is 0 Å². The van der Waals surface area contributed by atoms with Crippen molar-refractivity contribution in [3.63, 3.8) is 0 Å². The van der Waals surface area contributed by atoms with E-state index in [1.54, 1.807) is 68.4 Å². The van der Waals surface area contributed by atoms with Crippen LogP contribution in [0.1, 0.15) is 31.5 Å². The number of nitrogens with zero attached hydrogens (tertiary/aromatic N) is 2. The monoisotopic (exact) mass is 379 g/mol. The van der Waals surface area contributed by atoms with Crippen LogP contribution in [0.2, 0.25) is 0 Å². The molecule has 28 heavy (non-hydrogen) atoms. The summed E-state index contributed by atoms with van der Waals surface area (Å²) in [5, 5.41) is 12.5. The molecule has 0 unspecified atom stereocenters. The number of aliphatic carboxylic acids is 1. The third-order valence-corrected chi connectivity index (χ3v) is 4.56. The van der Waals surface area contributed by atoms with Gasteiger partial charge < -0.3 is 10.4 Å². The second kappa shape index (κ2) is 8.04. The average Bonchev–Trinajstić information content (AvgIpc) is 2.68. The van der Waals surface area contributed by atoms with E-state index in [1.165, 1.54) is 10.9 Å². The molecule has 2 atom stereocenters. The van der Waals surface area contributed by atoms with E-state index in [0.717, 1.165) is 0 Å². The number of hydrogen-bond donors (Lipinski definition) is 2. The van der Waals surface area contributed by atoms with Crippen LogP contribution >= 0.6 is 0 Å². The van der Waals surface area contributed by atoms with Crippen molar-refractivity contribution in [2.24, 2.45) is 5.92 Å². The van der Waals surface area contributed by atoms with Gasteiger partial charge >= 0.3 is 5.97 Å². The normalized spacial score (nSPS) is 13.2. The van der Waals surface area contributed by atoms with Crippen molar-refractivity contribution in [2.75, 3.05) is 0 Å². The lowest BCUT2D eigenvalue weighted by molar-refractivity contribution is -0.142. The lowest BCUT2D eigenvalue weighted by Gasteiger charge is -2.25. The molecular weight excluding hydrogens is 358 g/mol. The molecule has 144 valence electrons. The predicted octanol–water partition coefficient (Wildman–Crippen LogP) is 2.54. The molecule has 7 heteroatoms. The number of carbonyl (C=O) groups excluding carboxylic acids is 1. The molecule has 2 N–H and O–H groups in total. The van der Waals surface area contributed by atoms with E-state index in [1.807, 2.05) is 0 Å². The zero-order valence-corrected chi connectivity index (χ0v) is 15.6. The van der Waals surface area contributed by atoms with Crippen molar-refractivity contribution in [3.8, 4) is 0 Å². The molecule has 2 aromatic carbocycles. The molecule has 1 aromatic heterocycles. The number of nitrogens with one attached hydrogen (secondary N) is 1. The molecule has 0 aliphatic rings. The van der Waals surface area contributed by atoms with Gasteiger partial charge in [-0.3, -0.25) is 14.2 Å². The van der Waals surface area contributed by atoms with Gasteiger partial charge in [-0.05, 0) is 23.6 Å². The van der Waals surface area contributed by atoms with Gasteiger partial charge in [0.15, 0.2) is 6.04 Å². The fourth-order valence-electron chi connectivity index (χ4n) is 3.19. The minimum absolute atomic E-state index is 0.258. The van der Waals surface area contributed by atoms with Crippen molar-refractivity contribution in [3.05, 3.63) is 76.8 Å². The number of rotatable bonds is 6. The fourth-order valence-corrected chi connectivity index (χ4v) is 3.19. The number of fused-ring (bicyclic) bond motifs is 1. The highest BCUT2D eigenvalue weighted by Gasteiger charge is 2.30. The van der Waals surface area contributed by atoms with Crippen LogP contribution in [0.25, 0.3) is 10.9 Å². The summed E-state index contributed by atoms with van der Waals surface area (Å²) in [7, 11) is 0. The van der Waals surface area contributed by atoms with Gasteiger partial charge in [0.25, 0.3) is 5.56 Å². The third-order valence-electron chi connectivity index (χ3n) is 4.56. The average molecular weight is 379 g/mol. The number of benzene rings is 2. The van der Waals surface area contributed by atoms with E-state index in [0.29, 0.717) is 16.5 Å². The molecule has 3 aromatic rings. The summed E-state index contributed by atoms with van der Waals surface area (Å²) in [6, 6.07) is 13.2. The van der Waals surface area contributed by atoms with Gasteiger partial charge in [0.1, 0.15) is 6.04 Å². The standard InChI is InChI=1S/C21H21N3O4/c1-13(2)18(24-12-22-16-11-7-6-10-15(16)20(24)26)19(25)23-17(21(27)28)14-8-4-3-5-9-14/h3-13,17-18H,1-2H3,(H,23,25)(H,27,28)/t17-,18-/m0/s1. The van der Waals surface area contributed by atoms with Crippen molar-refractivity contribution in [2.45, 2.75) is 25.9 Å². The Bertz CT molecular complexity index is 1060. The van der Waals surface area contributed by atoms with Gasteiger partial charge in [0, 0.05) is 0 Å². The van der Waals surface area contributed by atoms with Crippen LogP contribution in [0, 0.1) is 5.92 Å². The highest BCUT2D eigenvalue weighted by molar-refractivity contribution is 5.87. The molecule has 7 nitrogen and oxygen atoms in total. The maximum absolute atomic E-state index is 13.0. The first-order valence-electron chi connectivity index (χ1n) is 8.94. The van der Waals surface area contributed by atoms with E-state index in [4.69, 9.17) is 0 Å². The molecule has 3 rings (SSSR count). The molecule has 0 aliphatic heterocycles. The van der Waals surface area contributed by atoms with Gasteiger partial charge in [-0.25, -0.2) is 9.78 Å². The van der Waals surface area contributed by atoms with E-state index >= 15 is 0 Å². The second-order valence-electron chi connectivity index (χ2n) is 6.85. The molecule has 1 amide bonds. The predicted molar refractivity (Wildman–Crippen MR) is 105 cm³/mol. The Balaban J connectivity index is 1.98. The lowest BCUT2D eigenvalue weighted by atomic mass is 10.0. The Morgan fingerprint density at radius 3 is 2.32 bits per heavy atom. The summed E-state index contributed by atoms with van der Waals surface area (Å²) in [6.07, 6.45) is 1.34. The number of carbonyl (C=O) groups is 2. The largest absolute Gasteiger partial charge is 0.479 e. The number of carboxylic acid groups (broad SMARTS) is 1. The van der Waals surface area contributed by atoms with E-state index in [-0.39, 0.29) is 11.5 Å². The van der Waals surface area contributed by atoms with Gasteiger partial charge in [-0.15, -0.1) is 0 Å². The Labute approximate surface area is 161 Å². The minimum atomic E-state index is -1.21. The van der Waals surface area contributed by atoms with Gasteiger partial charge in [-0.1, -0.05) is 56.3 Å². The SMILES string of the molecule is CC(C)[C@@H](C(=O)N[C@H](C(=O)O)c1ccccc1)n1cnc2ccccc2c1=O. The Morgan fingerprint density at radius 1 is 1.04 bits per heavy atom. The van der Waals surface area contributed by atoms with Crippen molar-refractivity contribution >= 4 is 22.8 Å². The molecule has 0 saturated carbocycles. The summed E-state index contributed by atoms with van der Waals surface area (Å²) >= 11 is 0. The molecule has 1 heterocycles. The number of carboxylic acids is 1. The quantitative estimate of drug-likeness (QED) is 0.685. The maximum atomic E-state index is 13.0. The zero-order chi connectivity index (χ0) is 20.3. The molecule has 0 bridgehead atoms. The van der Waals surface area contributed by atoms with Gasteiger partial charge in [0.05, 0.1) is 17.2 Å². The van der Waals surface area contributed by atoms with Crippen LogP contribution in [0.3, 0.4) is 0 Å². The van der Waals surface area contributed by atoms with Crippen molar-refractivity contribution in [1.82, 2.24) is 14.9 Å². The Morgan fingerprint density at radius 2 is 1.68 bits per heavy atom. The fraction of sp³-hybridized carbons (Fsp3) is 0.238. The molecule has 0 saturated heterocycles. The first kappa shape index (κ1) is 19.3. The van der Waals surface area contributed by atoms with Crippen molar-refractivity contribution < 1.29 is 14.7 Å². The smallest absolute Gasteiger partial charge is 0.330 e. The molecule has 0 spiro atoms.